The minimum Gasteiger partial charge on any atom is -0.378 e. The second-order valence-electron chi connectivity index (χ2n) is 6.29. The van der Waals surface area contributed by atoms with Crippen molar-refractivity contribution < 1.29 is 4.74 Å². The van der Waals surface area contributed by atoms with Crippen molar-refractivity contribution in [2.45, 2.75) is 52.6 Å². The van der Waals surface area contributed by atoms with E-state index in [1.54, 1.807) is 0 Å². The van der Waals surface area contributed by atoms with Gasteiger partial charge in [0.1, 0.15) is 0 Å². The van der Waals surface area contributed by atoms with Crippen molar-refractivity contribution in [1.29, 1.82) is 0 Å². The fourth-order valence-electron chi connectivity index (χ4n) is 2.50. The molecule has 0 amide bonds. The van der Waals surface area contributed by atoms with E-state index in [9.17, 15) is 0 Å². The minimum atomic E-state index is 0.178. The number of nitrogens with one attached hydrogen (secondary N) is 1. The molecule has 1 heterocycles. The van der Waals surface area contributed by atoms with Crippen LogP contribution < -0.4 is 5.32 Å². The van der Waals surface area contributed by atoms with Gasteiger partial charge >= 0.3 is 0 Å². The van der Waals surface area contributed by atoms with Crippen LogP contribution in [0.2, 0.25) is 0 Å². The van der Waals surface area contributed by atoms with E-state index in [1.807, 2.05) is 0 Å². The van der Waals surface area contributed by atoms with E-state index in [0.29, 0.717) is 6.04 Å². The van der Waals surface area contributed by atoms with Crippen molar-refractivity contribution in [2.75, 3.05) is 32.8 Å². The van der Waals surface area contributed by atoms with E-state index >= 15 is 0 Å². The van der Waals surface area contributed by atoms with Gasteiger partial charge in [-0.1, -0.05) is 13.8 Å². The molecule has 0 radical (unpaired) electrons. The summed E-state index contributed by atoms with van der Waals surface area (Å²) in [5.41, 5.74) is 0.178. The van der Waals surface area contributed by atoms with Crippen LogP contribution in [0.15, 0.2) is 0 Å². The zero-order chi connectivity index (χ0) is 12.9. The molecular formula is C14H30N2O. The molecule has 1 N–H and O–H groups in total. The average Bonchev–Trinajstić information content (AvgIpc) is 2.23. The molecule has 1 aliphatic heterocycles. The van der Waals surface area contributed by atoms with Crippen molar-refractivity contribution in [1.82, 2.24) is 10.2 Å². The summed E-state index contributed by atoms with van der Waals surface area (Å²) in [5.74, 6) is 0.789. The minimum absolute atomic E-state index is 0.178. The molecule has 0 aromatic carbocycles. The summed E-state index contributed by atoms with van der Waals surface area (Å²) >= 11 is 0. The smallest absolute Gasteiger partial charge is 0.0645 e. The highest BCUT2D eigenvalue weighted by molar-refractivity contribution is 4.88. The second kappa shape index (κ2) is 6.72. The lowest BCUT2D eigenvalue weighted by Gasteiger charge is -2.45. The van der Waals surface area contributed by atoms with Crippen LogP contribution in [0.4, 0.5) is 0 Å². The van der Waals surface area contributed by atoms with E-state index in [1.165, 1.54) is 6.42 Å². The zero-order valence-corrected chi connectivity index (χ0v) is 12.3. The Bertz CT molecular complexity index is 216. The Morgan fingerprint density at radius 3 is 2.59 bits per heavy atom. The van der Waals surface area contributed by atoms with Crippen LogP contribution in [0.5, 0.6) is 0 Å². The summed E-state index contributed by atoms with van der Waals surface area (Å²) in [6.45, 7) is 16.4. The number of hydrogen-bond donors (Lipinski definition) is 1. The van der Waals surface area contributed by atoms with E-state index in [4.69, 9.17) is 4.74 Å². The Balaban J connectivity index is 2.28. The fourth-order valence-corrected chi connectivity index (χ4v) is 2.50. The largest absolute Gasteiger partial charge is 0.378 e. The van der Waals surface area contributed by atoms with Crippen LogP contribution in [-0.2, 0) is 4.74 Å². The first kappa shape index (κ1) is 14.9. The summed E-state index contributed by atoms with van der Waals surface area (Å²) in [7, 11) is 0. The van der Waals surface area contributed by atoms with Gasteiger partial charge in [-0.15, -0.1) is 0 Å². The van der Waals surface area contributed by atoms with Gasteiger partial charge < -0.3 is 10.1 Å². The Morgan fingerprint density at radius 2 is 2.00 bits per heavy atom. The molecule has 1 unspecified atom stereocenters. The Labute approximate surface area is 107 Å². The van der Waals surface area contributed by atoms with Gasteiger partial charge in [0.15, 0.2) is 0 Å². The maximum absolute atomic E-state index is 5.56. The third-order valence-electron chi connectivity index (χ3n) is 3.58. The van der Waals surface area contributed by atoms with Crippen LogP contribution >= 0.6 is 0 Å². The summed E-state index contributed by atoms with van der Waals surface area (Å²) in [5, 5.41) is 3.57. The molecule has 0 bridgehead atoms. The Morgan fingerprint density at radius 1 is 1.29 bits per heavy atom. The average molecular weight is 242 g/mol. The van der Waals surface area contributed by atoms with Gasteiger partial charge in [0.2, 0.25) is 0 Å². The first-order chi connectivity index (χ1) is 7.93. The summed E-state index contributed by atoms with van der Waals surface area (Å²) in [4.78, 5) is 2.57. The molecular weight excluding hydrogens is 212 g/mol. The van der Waals surface area contributed by atoms with Gasteiger partial charge in [0.05, 0.1) is 13.2 Å². The lowest BCUT2D eigenvalue weighted by molar-refractivity contribution is -0.0681. The molecule has 1 rings (SSSR count). The molecule has 1 atom stereocenters. The monoisotopic (exact) mass is 242 g/mol. The lowest BCUT2D eigenvalue weighted by atomic mass is 10.00. The summed E-state index contributed by atoms with van der Waals surface area (Å²) < 4.78 is 5.56. The molecule has 1 fully saturated rings. The molecule has 3 nitrogen and oxygen atoms in total. The molecule has 0 aromatic rings. The van der Waals surface area contributed by atoms with Crippen LogP contribution in [-0.4, -0.2) is 49.3 Å². The topological polar surface area (TPSA) is 24.5 Å². The quantitative estimate of drug-likeness (QED) is 0.722. The molecule has 0 spiro atoms. The number of rotatable bonds is 6. The molecule has 102 valence electrons. The first-order valence-electron chi connectivity index (χ1n) is 6.98. The van der Waals surface area contributed by atoms with Gasteiger partial charge in [0.25, 0.3) is 0 Å². The zero-order valence-electron chi connectivity index (χ0n) is 12.3. The van der Waals surface area contributed by atoms with Crippen LogP contribution in [0.3, 0.4) is 0 Å². The first-order valence-corrected chi connectivity index (χ1v) is 6.98. The SMILES string of the molecule is CC(C)CCNCC(C)N1CCOCC1(C)C. The van der Waals surface area contributed by atoms with Crippen LogP contribution in [0.1, 0.15) is 41.0 Å². The van der Waals surface area contributed by atoms with Gasteiger partial charge in [0, 0.05) is 24.7 Å². The molecule has 1 saturated heterocycles. The van der Waals surface area contributed by atoms with Crippen LogP contribution in [0, 0.1) is 5.92 Å². The predicted octanol–water partition coefficient (Wildman–Crippen LogP) is 2.12. The second-order valence-corrected chi connectivity index (χ2v) is 6.29. The van der Waals surface area contributed by atoms with Gasteiger partial charge in [-0.05, 0) is 39.7 Å². The normalized spacial score (nSPS) is 22.9. The fraction of sp³-hybridized carbons (Fsp3) is 1.00. The maximum atomic E-state index is 5.56. The molecule has 0 aliphatic carbocycles. The van der Waals surface area contributed by atoms with Crippen LogP contribution in [0.25, 0.3) is 0 Å². The van der Waals surface area contributed by atoms with E-state index in [2.05, 4.69) is 44.8 Å². The van der Waals surface area contributed by atoms with Gasteiger partial charge in [-0.3, -0.25) is 4.90 Å². The molecule has 17 heavy (non-hydrogen) atoms. The third-order valence-corrected chi connectivity index (χ3v) is 3.58. The van der Waals surface area contributed by atoms with Crippen molar-refractivity contribution in [3.8, 4) is 0 Å². The van der Waals surface area contributed by atoms with Crippen molar-refractivity contribution in [3.05, 3.63) is 0 Å². The van der Waals surface area contributed by atoms with Crippen molar-refractivity contribution in [2.24, 2.45) is 5.92 Å². The number of nitrogens with zero attached hydrogens (tertiary/aromatic N) is 1. The molecule has 0 aromatic heterocycles. The molecule has 1 aliphatic rings. The summed E-state index contributed by atoms with van der Waals surface area (Å²) in [6, 6.07) is 0.584. The number of hydrogen-bond acceptors (Lipinski definition) is 3. The number of ether oxygens (including phenoxy) is 1. The van der Waals surface area contributed by atoms with Crippen molar-refractivity contribution in [3.63, 3.8) is 0 Å². The highest BCUT2D eigenvalue weighted by atomic mass is 16.5. The molecule has 3 heteroatoms. The lowest BCUT2D eigenvalue weighted by Crippen LogP contribution is -2.58. The summed E-state index contributed by atoms with van der Waals surface area (Å²) in [6.07, 6.45) is 1.26. The van der Waals surface area contributed by atoms with Gasteiger partial charge in [-0.25, -0.2) is 0 Å². The number of morpholine rings is 1. The van der Waals surface area contributed by atoms with E-state index in [-0.39, 0.29) is 5.54 Å². The standard InChI is InChI=1S/C14H30N2O/c1-12(2)6-7-15-10-13(3)16-8-9-17-11-14(16,4)5/h12-13,15H,6-11H2,1-5H3. The highest BCUT2D eigenvalue weighted by Crippen LogP contribution is 2.21. The third kappa shape index (κ3) is 4.94. The van der Waals surface area contributed by atoms with E-state index in [0.717, 1.165) is 38.8 Å². The Kier molecular flexibility index (Phi) is 5.90. The molecule has 0 saturated carbocycles. The van der Waals surface area contributed by atoms with Crippen molar-refractivity contribution >= 4 is 0 Å². The predicted molar refractivity (Wildman–Crippen MR) is 73.4 cm³/mol. The maximum Gasteiger partial charge on any atom is 0.0645 e. The highest BCUT2D eigenvalue weighted by Gasteiger charge is 2.33. The van der Waals surface area contributed by atoms with Gasteiger partial charge in [-0.2, -0.15) is 0 Å². The Hall–Kier alpha value is -0.120. The van der Waals surface area contributed by atoms with E-state index < -0.39 is 0 Å².